The number of imidazole rings is 1. The molecule has 0 unspecified atom stereocenters. The molecule has 2 amide bonds. The molecule has 2 saturated carbocycles. The topological polar surface area (TPSA) is 127 Å². The van der Waals surface area contributed by atoms with Gasteiger partial charge in [-0.2, -0.15) is 5.10 Å². The summed E-state index contributed by atoms with van der Waals surface area (Å²) in [6.07, 6.45) is 2.30. The summed E-state index contributed by atoms with van der Waals surface area (Å²) in [5.74, 6) is -7.07. The van der Waals surface area contributed by atoms with E-state index in [-0.39, 0.29) is 74.1 Å². The van der Waals surface area contributed by atoms with E-state index in [2.05, 4.69) is 42.2 Å². The molecule has 3 aromatic rings. The number of fused-ring (bicyclic) bond motifs is 1. The Labute approximate surface area is 232 Å². The third kappa shape index (κ3) is 6.41. The molecule has 2 aliphatic rings. The summed E-state index contributed by atoms with van der Waals surface area (Å²) in [4.78, 5) is 30.3. The molecule has 14 heteroatoms. The fourth-order valence-electron chi connectivity index (χ4n) is 5.60. The molecule has 220 valence electrons. The predicted octanol–water partition coefficient (Wildman–Crippen LogP) is 4.89. The van der Waals surface area contributed by atoms with Crippen LogP contribution in [0.25, 0.3) is 5.65 Å². The highest BCUT2D eigenvalue weighted by Gasteiger charge is 2.46. The van der Waals surface area contributed by atoms with Gasteiger partial charge in [0.15, 0.2) is 11.3 Å². The number of carbonyl (C=O) groups is 2. The van der Waals surface area contributed by atoms with Crippen LogP contribution in [-0.2, 0) is 4.79 Å². The lowest BCUT2D eigenvalue weighted by molar-refractivity contribution is -0.134. The maximum Gasteiger partial charge on any atom is 0.276 e. The first-order valence-corrected chi connectivity index (χ1v) is 13.5. The average molecular weight is 578 g/mol. The van der Waals surface area contributed by atoms with Crippen molar-refractivity contribution in [1.29, 1.82) is 0 Å². The van der Waals surface area contributed by atoms with Crippen molar-refractivity contribution >= 4 is 17.5 Å². The second-order valence-electron chi connectivity index (χ2n) is 11.3. The summed E-state index contributed by atoms with van der Waals surface area (Å²) in [7, 11) is 0. The van der Waals surface area contributed by atoms with Gasteiger partial charge < -0.3 is 10.6 Å². The Morgan fingerprint density at radius 1 is 1.15 bits per heavy atom. The van der Waals surface area contributed by atoms with E-state index in [0.717, 1.165) is 0 Å². The van der Waals surface area contributed by atoms with Crippen molar-refractivity contribution in [3.05, 3.63) is 53.3 Å². The van der Waals surface area contributed by atoms with E-state index in [1.165, 1.54) is 10.7 Å². The number of nitrogens with zero attached hydrogens (tertiary/aromatic N) is 5. The Bertz CT molecular complexity index is 1450. The maximum atomic E-state index is 13.9. The van der Waals surface area contributed by atoms with Gasteiger partial charge in [0, 0.05) is 37.7 Å². The Morgan fingerprint density at radius 2 is 1.85 bits per heavy atom. The van der Waals surface area contributed by atoms with Crippen LogP contribution in [0.4, 0.5) is 17.6 Å². The Morgan fingerprint density at radius 3 is 2.46 bits per heavy atom. The highest BCUT2D eigenvalue weighted by Crippen LogP contribution is 2.44. The summed E-state index contributed by atoms with van der Waals surface area (Å²) in [5, 5.41) is 17.4. The van der Waals surface area contributed by atoms with Crippen LogP contribution in [0.3, 0.4) is 0 Å². The monoisotopic (exact) mass is 577 g/mol. The zero-order valence-electron chi connectivity index (χ0n) is 22.7. The van der Waals surface area contributed by atoms with Crippen LogP contribution in [0, 0.1) is 18.8 Å². The van der Waals surface area contributed by atoms with Gasteiger partial charge in [-0.05, 0) is 49.7 Å². The second kappa shape index (κ2) is 10.9. The van der Waals surface area contributed by atoms with E-state index < -0.39 is 29.8 Å². The molecule has 0 bridgehead atoms. The fraction of sp³-hybridized carbons (Fsp3) is 0.556. The summed E-state index contributed by atoms with van der Waals surface area (Å²) in [5.41, 5.74) is 2.30. The van der Waals surface area contributed by atoms with Gasteiger partial charge in [-0.3, -0.25) is 9.59 Å². The second-order valence-corrected chi connectivity index (χ2v) is 11.3. The molecular weight excluding hydrogens is 546 g/mol. The number of carbonyl (C=O) groups excluding carboxylic acids is 2. The quantitative estimate of drug-likeness (QED) is 0.274. The highest BCUT2D eigenvalue weighted by atomic mass is 19.3. The third-order valence-electron chi connectivity index (χ3n) is 7.85. The first kappa shape index (κ1) is 28.7. The first-order valence-electron chi connectivity index (χ1n) is 13.5. The standard InChI is InChI=1S/C27H31F4N7O3/c1-14(2)22(34-21(39)8-16-10-27(30,31)11-16)18-9-20-33-19(13-38(20)32-12-18)24(17-4-6-26(28,29)7-5-17)35-25(40)23-15(3)36-41-37-23/h9,12-13,16-17,22,24H,1,4-8,10-11H2,2-3H3,(H,34,39)(H,35,40)/t22-,24-/m0/s1. The van der Waals surface area contributed by atoms with Gasteiger partial charge >= 0.3 is 0 Å². The molecule has 0 aromatic carbocycles. The number of aromatic nitrogens is 5. The molecule has 5 rings (SSSR count). The van der Waals surface area contributed by atoms with E-state index in [9.17, 15) is 27.2 Å². The number of alkyl halides is 4. The third-order valence-corrected chi connectivity index (χ3v) is 7.85. The zero-order valence-corrected chi connectivity index (χ0v) is 22.7. The molecule has 3 heterocycles. The largest absolute Gasteiger partial charge is 0.345 e. The molecule has 3 aromatic heterocycles. The Hall–Kier alpha value is -3.84. The molecule has 0 radical (unpaired) electrons. The van der Waals surface area contributed by atoms with Crippen molar-refractivity contribution < 1.29 is 31.8 Å². The van der Waals surface area contributed by atoms with Crippen LogP contribution >= 0.6 is 0 Å². The van der Waals surface area contributed by atoms with Crippen molar-refractivity contribution in [3.8, 4) is 0 Å². The van der Waals surface area contributed by atoms with Crippen molar-refractivity contribution in [2.24, 2.45) is 11.8 Å². The highest BCUT2D eigenvalue weighted by molar-refractivity contribution is 5.93. The van der Waals surface area contributed by atoms with Gasteiger partial charge in [0.25, 0.3) is 5.91 Å². The van der Waals surface area contributed by atoms with E-state index in [1.807, 2.05) is 0 Å². The van der Waals surface area contributed by atoms with E-state index in [0.29, 0.717) is 22.5 Å². The number of amides is 2. The molecule has 2 N–H and O–H groups in total. The molecule has 0 spiro atoms. The maximum absolute atomic E-state index is 13.9. The van der Waals surface area contributed by atoms with E-state index in [1.54, 1.807) is 26.1 Å². The lowest BCUT2D eigenvalue weighted by Crippen LogP contribution is -2.39. The smallest absolute Gasteiger partial charge is 0.276 e. The Kier molecular flexibility index (Phi) is 7.60. The van der Waals surface area contributed by atoms with E-state index in [4.69, 9.17) is 0 Å². The number of halogens is 4. The van der Waals surface area contributed by atoms with Gasteiger partial charge in [-0.1, -0.05) is 17.3 Å². The first-order chi connectivity index (χ1) is 19.3. The SMILES string of the molecule is C=C(C)[C@H](NC(=O)CC1CC(F)(F)C1)c1cnn2cc([C@@H](NC(=O)c3nonc3C)C3CCC(F)(F)CC3)nc2c1. The summed E-state index contributed by atoms with van der Waals surface area (Å²) in [6.45, 7) is 7.25. The average Bonchev–Trinajstić information content (AvgIpc) is 3.50. The molecule has 2 atom stereocenters. The van der Waals surface area contributed by atoms with Crippen molar-refractivity contribution in [2.75, 3.05) is 0 Å². The van der Waals surface area contributed by atoms with Crippen LogP contribution in [0.1, 0.15) is 91.4 Å². The fourth-order valence-corrected chi connectivity index (χ4v) is 5.60. The molecule has 41 heavy (non-hydrogen) atoms. The van der Waals surface area contributed by atoms with Crippen LogP contribution in [0.2, 0.25) is 0 Å². The normalized spacial score (nSPS) is 20.2. The van der Waals surface area contributed by atoms with Gasteiger partial charge in [-0.15, -0.1) is 0 Å². The van der Waals surface area contributed by atoms with Crippen molar-refractivity contribution in [2.45, 2.75) is 82.7 Å². The molecule has 0 aliphatic heterocycles. The summed E-state index contributed by atoms with van der Waals surface area (Å²) in [6, 6.07) is 0.365. The molecule has 2 aliphatic carbocycles. The predicted molar refractivity (Wildman–Crippen MR) is 137 cm³/mol. The number of nitrogens with one attached hydrogen (secondary N) is 2. The Balaban J connectivity index is 1.38. The molecule has 2 fully saturated rings. The van der Waals surface area contributed by atoms with Gasteiger partial charge in [0.05, 0.1) is 30.2 Å². The number of rotatable bonds is 9. The number of hydrogen-bond acceptors (Lipinski definition) is 7. The van der Waals surface area contributed by atoms with E-state index >= 15 is 0 Å². The van der Waals surface area contributed by atoms with Crippen molar-refractivity contribution in [3.63, 3.8) is 0 Å². The lowest BCUT2D eigenvalue weighted by atomic mass is 9.79. The van der Waals surface area contributed by atoms with Crippen LogP contribution in [0.5, 0.6) is 0 Å². The van der Waals surface area contributed by atoms with Gasteiger partial charge in [0.2, 0.25) is 17.8 Å². The number of hydrogen-bond donors (Lipinski definition) is 2. The molecule has 0 saturated heterocycles. The zero-order chi connectivity index (χ0) is 29.5. The van der Waals surface area contributed by atoms with Crippen LogP contribution in [0.15, 0.2) is 35.2 Å². The number of aryl methyl sites for hydroxylation is 1. The molecular formula is C27H31F4N7O3. The minimum absolute atomic E-state index is 0.00836. The lowest BCUT2D eigenvalue weighted by Gasteiger charge is -2.34. The minimum atomic E-state index is -2.76. The molecule has 10 nitrogen and oxygen atoms in total. The van der Waals surface area contributed by atoms with Gasteiger partial charge in [-0.25, -0.2) is 31.7 Å². The van der Waals surface area contributed by atoms with Gasteiger partial charge in [0.1, 0.15) is 5.69 Å². The van der Waals surface area contributed by atoms with Crippen LogP contribution in [-0.4, -0.2) is 48.6 Å². The van der Waals surface area contributed by atoms with Crippen molar-refractivity contribution in [1.82, 2.24) is 35.5 Å². The summed E-state index contributed by atoms with van der Waals surface area (Å²) >= 11 is 0. The van der Waals surface area contributed by atoms with Crippen LogP contribution < -0.4 is 10.6 Å². The summed E-state index contributed by atoms with van der Waals surface area (Å²) < 4.78 is 60.4. The minimum Gasteiger partial charge on any atom is -0.345 e.